The second-order valence-electron chi connectivity index (χ2n) is 4.61. The van der Waals surface area contributed by atoms with E-state index in [1.54, 1.807) is 12.1 Å². The van der Waals surface area contributed by atoms with Crippen LogP contribution in [0.4, 0.5) is 8.78 Å². The Labute approximate surface area is 127 Å². The van der Waals surface area contributed by atoms with E-state index in [0.29, 0.717) is 17.9 Å². The Hall–Kier alpha value is -1.65. The van der Waals surface area contributed by atoms with E-state index in [1.807, 2.05) is 6.92 Å². The molecule has 0 amide bonds. The molecule has 21 heavy (non-hydrogen) atoms. The van der Waals surface area contributed by atoms with Crippen LogP contribution in [0.1, 0.15) is 18.1 Å². The lowest BCUT2D eigenvalue weighted by Gasteiger charge is -2.09. The van der Waals surface area contributed by atoms with Crippen LogP contribution in [0.25, 0.3) is 0 Å². The summed E-state index contributed by atoms with van der Waals surface area (Å²) in [5.74, 6) is -0.439. The quantitative estimate of drug-likeness (QED) is 0.858. The average Bonchev–Trinajstić information content (AvgIpc) is 2.46. The molecule has 0 radical (unpaired) electrons. The normalized spacial score (nSPS) is 10.7. The van der Waals surface area contributed by atoms with Crippen LogP contribution in [0.3, 0.4) is 0 Å². The molecule has 0 aliphatic rings. The molecule has 0 atom stereocenters. The van der Waals surface area contributed by atoms with Gasteiger partial charge in [0.2, 0.25) is 0 Å². The maximum Gasteiger partial charge on any atom is 0.142 e. The molecule has 0 saturated carbocycles. The van der Waals surface area contributed by atoms with Gasteiger partial charge in [-0.15, -0.1) is 0 Å². The van der Waals surface area contributed by atoms with Gasteiger partial charge in [0.15, 0.2) is 0 Å². The maximum atomic E-state index is 13.5. The second kappa shape index (κ2) is 7.38. The highest BCUT2D eigenvalue weighted by Crippen LogP contribution is 2.20. The molecule has 0 fully saturated rings. The van der Waals surface area contributed by atoms with Crippen molar-refractivity contribution >= 4 is 11.6 Å². The summed E-state index contributed by atoms with van der Waals surface area (Å²) in [6.07, 6.45) is 0. The summed E-state index contributed by atoms with van der Waals surface area (Å²) in [7, 11) is 0. The third kappa shape index (κ3) is 4.69. The Kier molecular flexibility index (Phi) is 5.53. The van der Waals surface area contributed by atoms with Crippen molar-refractivity contribution in [3.63, 3.8) is 0 Å². The molecule has 1 N–H and O–H groups in total. The van der Waals surface area contributed by atoms with Crippen LogP contribution in [0.15, 0.2) is 36.4 Å². The molecule has 0 bridgehead atoms. The van der Waals surface area contributed by atoms with Gasteiger partial charge in [-0.1, -0.05) is 24.6 Å². The number of benzene rings is 2. The topological polar surface area (TPSA) is 21.3 Å². The molecule has 0 aliphatic heterocycles. The maximum absolute atomic E-state index is 13.5. The molecule has 2 aromatic rings. The van der Waals surface area contributed by atoms with Gasteiger partial charge in [0, 0.05) is 12.6 Å². The predicted molar refractivity (Wildman–Crippen MR) is 79.5 cm³/mol. The van der Waals surface area contributed by atoms with E-state index in [9.17, 15) is 8.78 Å². The number of halogens is 3. The van der Waals surface area contributed by atoms with E-state index < -0.39 is 5.82 Å². The molecular formula is C16H16ClF2NO. The van der Waals surface area contributed by atoms with Crippen molar-refractivity contribution in [2.24, 2.45) is 0 Å². The van der Waals surface area contributed by atoms with Gasteiger partial charge in [-0.05, 0) is 41.9 Å². The third-order valence-corrected chi connectivity index (χ3v) is 3.21. The van der Waals surface area contributed by atoms with Crippen LogP contribution in [0, 0.1) is 11.6 Å². The first-order valence-corrected chi connectivity index (χ1v) is 7.03. The van der Waals surface area contributed by atoms with Gasteiger partial charge in [-0.3, -0.25) is 0 Å². The van der Waals surface area contributed by atoms with E-state index >= 15 is 0 Å². The zero-order valence-corrected chi connectivity index (χ0v) is 12.4. The molecule has 0 unspecified atom stereocenters. The standard InChI is InChI=1S/C16H16ClF2NO/c1-2-20-9-12-5-13(18)8-14(6-12)21-10-11-3-4-15(17)16(19)7-11/h3-8,20H,2,9-10H2,1H3. The van der Waals surface area contributed by atoms with Gasteiger partial charge < -0.3 is 10.1 Å². The highest BCUT2D eigenvalue weighted by Gasteiger charge is 2.05. The Balaban J connectivity index is 2.05. The lowest BCUT2D eigenvalue weighted by molar-refractivity contribution is 0.303. The van der Waals surface area contributed by atoms with E-state index in [0.717, 1.165) is 12.1 Å². The Morgan fingerprint density at radius 3 is 2.62 bits per heavy atom. The van der Waals surface area contributed by atoms with E-state index in [4.69, 9.17) is 16.3 Å². The molecule has 0 heterocycles. The molecule has 112 valence electrons. The summed E-state index contributed by atoms with van der Waals surface area (Å²) in [6, 6.07) is 8.97. The van der Waals surface area contributed by atoms with Crippen LogP contribution in [0.5, 0.6) is 5.75 Å². The van der Waals surface area contributed by atoms with Gasteiger partial charge in [0.1, 0.15) is 24.0 Å². The van der Waals surface area contributed by atoms with Crippen LogP contribution < -0.4 is 10.1 Å². The summed E-state index contributed by atoms with van der Waals surface area (Å²) in [5, 5.41) is 3.19. The molecule has 0 aliphatic carbocycles. The lowest BCUT2D eigenvalue weighted by atomic mass is 10.2. The molecule has 2 nitrogen and oxygen atoms in total. The Bertz CT molecular complexity index is 619. The highest BCUT2D eigenvalue weighted by atomic mass is 35.5. The fraction of sp³-hybridized carbons (Fsp3) is 0.250. The fourth-order valence-corrected chi connectivity index (χ4v) is 1.99. The number of rotatable bonds is 6. The van der Waals surface area contributed by atoms with Crippen molar-refractivity contribution in [1.29, 1.82) is 0 Å². The second-order valence-corrected chi connectivity index (χ2v) is 5.02. The van der Waals surface area contributed by atoms with Crippen LogP contribution in [0.2, 0.25) is 5.02 Å². The van der Waals surface area contributed by atoms with Gasteiger partial charge >= 0.3 is 0 Å². The summed E-state index contributed by atoms with van der Waals surface area (Å²) >= 11 is 5.62. The van der Waals surface area contributed by atoms with E-state index in [-0.39, 0.29) is 17.4 Å². The van der Waals surface area contributed by atoms with Gasteiger partial charge in [0.05, 0.1) is 5.02 Å². The summed E-state index contributed by atoms with van der Waals surface area (Å²) in [6.45, 7) is 3.50. The van der Waals surface area contributed by atoms with Gasteiger partial charge in [0.25, 0.3) is 0 Å². The number of ether oxygens (including phenoxy) is 1. The first-order chi connectivity index (χ1) is 10.1. The third-order valence-electron chi connectivity index (χ3n) is 2.90. The molecule has 0 aromatic heterocycles. The predicted octanol–water partition coefficient (Wildman–Crippen LogP) is 4.31. The molecule has 2 rings (SSSR count). The molecule has 5 heteroatoms. The zero-order valence-electron chi connectivity index (χ0n) is 11.6. The zero-order chi connectivity index (χ0) is 15.2. The number of hydrogen-bond acceptors (Lipinski definition) is 2. The molecule has 2 aromatic carbocycles. The van der Waals surface area contributed by atoms with Crippen molar-refractivity contribution in [1.82, 2.24) is 5.32 Å². The van der Waals surface area contributed by atoms with Crippen molar-refractivity contribution in [3.05, 3.63) is 64.2 Å². The molecule has 0 saturated heterocycles. The smallest absolute Gasteiger partial charge is 0.142 e. The van der Waals surface area contributed by atoms with E-state index in [1.165, 1.54) is 24.3 Å². The minimum Gasteiger partial charge on any atom is -0.489 e. The van der Waals surface area contributed by atoms with Crippen LogP contribution in [-0.2, 0) is 13.2 Å². The number of nitrogens with one attached hydrogen (secondary N) is 1. The van der Waals surface area contributed by atoms with Crippen molar-refractivity contribution in [2.45, 2.75) is 20.1 Å². The fourth-order valence-electron chi connectivity index (χ4n) is 1.87. The van der Waals surface area contributed by atoms with Crippen molar-refractivity contribution in [2.75, 3.05) is 6.54 Å². The average molecular weight is 312 g/mol. The first kappa shape index (κ1) is 15.7. The lowest BCUT2D eigenvalue weighted by Crippen LogP contribution is -2.12. The van der Waals surface area contributed by atoms with E-state index in [2.05, 4.69) is 5.32 Å². The summed E-state index contributed by atoms with van der Waals surface area (Å²) < 4.78 is 32.3. The highest BCUT2D eigenvalue weighted by molar-refractivity contribution is 6.30. The van der Waals surface area contributed by atoms with Crippen LogP contribution >= 0.6 is 11.6 Å². The monoisotopic (exact) mass is 311 g/mol. The van der Waals surface area contributed by atoms with Crippen LogP contribution in [-0.4, -0.2) is 6.54 Å². The molecular weight excluding hydrogens is 296 g/mol. The summed E-state index contributed by atoms with van der Waals surface area (Å²) in [5.41, 5.74) is 1.43. The van der Waals surface area contributed by atoms with Gasteiger partial charge in [-0.25, -0.2) is 8.78 Å². The number of hydrogen-bond donors (Lipinski definition) is 1. The Morgan fingerprint density at radius 2 is 1.90 bits per heavy atom. The molecule has 0 spiro atoms. The van der Waals surface area contributed by atoms with Gasteiger partial charge in [-0.2, -0.15) is 0 Å². The van der Waals surface area contributed by atoms with Crippen molar-refractivity contribution < 1.29 is 13.5 Å². The SMILES string of the molecule is CCNCc1cc(F)cc(OCc2ccc(Cl)c(F)c2)c1. The minimum atomic E-state index is -0.496. The summed E-state index contributed by atoms with van der Waals surface area (Å²) in [4.78, 5) is 0. The van der Waals surface area contributed by atoms with Crippen molar-refractivity contribution in [3.8, 4) is 5.75 Å². The first-order valence-electron chi connectivity index (χ1n) is 6.65. The Morgan fingerprint density at radius 1 is 1.10 bits per heavy atom. The largest absolute Gasteiger partial charge is 0.489 e. The minimum absolute atomic E-state index is 0.0671.